The first-order valence-corrected chi connectivity index (χ1v) is 14.5. The molecule has 1 amide bonds. The summed E-state index contributed by atoms with van der Waals surface area (Å²) in [5.41, 5.74) is 3.53. The zero-order chi connectivity index (χ0) is 32.6. The molecule has 2 aromatic rings. The average Bonchev–Trinajstić information content (AvgIpc) is 2.83. The molecule has 0 aliphatic rings. The number of aliphatic carboxylic acids is 1. The summed E-state index contributed by atoms with van der Waals surface area (Å²) in [6, 6.07) is 5.38. The van der Waals surface area contributed by atoms with Crippen LogP contribution in [-0.2, 0) is 44.1 Å². The van der Waals surface area contributed by atoms with Crippen LogP contribution >= 0.6 is 0 Å². The number of phenols is 2. The van der Waals surface area contributed by atoms with Gasteiger partial charge in [0.15, 0.2) is 5.78 Å². The number of amides is 1. The number of rotatable bonds is 9. The number of aromatic hydroxyl groups is 2. The molecule has 0 aromatic heterocycles. The van der Waals surface area contributed by atoms with Crippen molar-refractivity contribution in [1.82, 2.24) is 5.43 Å². The Bertz CT molecular complexity index is 1370. The Morgan fingerprint density at radius 3 is 1.67 bits per heavy atom. The van der Waals surface area contributed by atoms with Gasteiger partial charge in [-0.1, -0.05) is 80.5 Å². The lowest BCUT2D eigenvalue weighted by Gasteiger charge is -2.31. The van der Waals surface area contributed by atoms with Crippen LogP contribution < -0.4 is 11.3 Å². The van der Waals surface area contributed by atoms with Gasteiger partial charge in [0.25, 0.3) is 0 Å². The number of hydrazine groups is 1. The summed E-state index contributed by atoms with van der Waals surface area (Å²) in [5.74, 6) is 3.89. The number of ketones is 1. The van der Waals surface area contributed by atoms with Crippen LogP contribution in [0.1, 0.15) is 133 Å². The Kier molecular flexibility index (Phi) is 10.0. The maximum atomic E-state index is 14.1. The molecule has 0 aliphatic heterocycles. The molecule has 0 bridgehead atoms. The van der Waals surface area contributed by atoms with Crippen molar-refractivity contribution in [2.45, 2.75) is 124 Å². The topological polar surface area (TPSA) is 150 Å². The Labute approximate surface area is 250 Å². The quantitative estimate of drug-likeness (QED) is 0.104. The van der Waals surface area contributed by atoms with Gasteiger partial charge in [0.05, 0.1) is 5.41 Å². The Morgan fingerprint density at radius 2 is 1.21 bits per heavy atom. The molecule has 0 fully saturated rings. The third-order valence-electron chi connectivity index (χ3n) is 7.82. The van der Waals surface area contributed by atoms with Crippen molar-refractivity contribution >= 4 is 17.7 Å². The van der Waals surface area contributed by atoms with Crippen molar-refractivity contribution in [1.29, 1.82) is 0 Å². The minimum absolute atomic E-state index is 0.0137. The van der Waals surface area contributed by atoms with E-state index < -0.39 is 33.5 Å². The largest absolute Gasteiger partial charge is 0.507 e. The predicted molar refractivity (Wildman–Crippen MR) is 166 cm³/mol. The summed E-state index contributed by atoms with van der Waals surface area (Å²) < 4.78 is 0. The van der Waals surface area contributed by atoms with Crippen LogP contribution in [0.2, 0.25) is 0 Å². The van der Waals surface area contributed by atoms with Gasteiger partial charge in [-0.2, -0.15) is 0 Å². The van der Waals surface area contributed by atoms with Crippen molar-refractivity contribution in [2.24, 2.45) is 5.84 Å². The lowest BCUT2D eigenvalue weighted by molar-refractivity contribution is -0.137. The van der Waals surface area contributed by atoms with Crippen LogP contribution in [0.4, 0.5) is 0 Å². The summed E-state index contributed by atoms with van der Waals surface area (Å²) in [5, 5.41) is 32.1. The lowest BCUT2D eigenvalue weighted by Crippen LogP contribution is -2.43. The molecule has 0 heterocycles. The van der Waals surface area contributed by atoms with E-state index in [1.807, 2.05) is 68.4 Å². The van der Waals surface area contributed by atoms with Gasteiger partial charge in [-0.15, -0.1) is 0 Å². The molecule has 42 heavy (non-hydrogen) atoms. The van der Waals surface area contributed by atoms with Crippen molar-refractivity contribution in [3.63, 3.8) is 0 Å². The first kappa shape index (κ1) is 34.8. The summed E-state index contributed by atoms with van der Waals surface area (Å²) in [6.45, 7) is 20.9. The zero-order valence-corrected chi connectivity index (χ0v) is 27.2. The number of carboxylic acids is 1. The highest BCUT2D eigenvalue weighted by atomic mass is 16.4. The maximum Gasteiger partial charge on any atom is 0.303 e. The summed E-state index contributed by atoms with van der Waals surface area (Å²) >= 11 is 0. The normalized spacial score (nSPS) is 12.8. The fraction of sp³-hybridized carbons (Fsp3) is 0.559. The highest BCUT2D eigenvalue weighted by Gasteiger charge is 2.36. The Balaban J connectivity index is 2.73. The van der Waals surface area contributed by atoms with Crippen LogP contribution in [0.25, 0.3) is 0 Å². The Morgan fingerprint density at radius 1 is 0.714 bits per heavy atom. The Hall–Kier alpha value is -3.39. The van der Waals surface area contributed by atoms with E-state index in [1.165, 1.54) is 0 Å². The minimum Gasteiger partial charge on any atom is -0.507 e. The zero-order valence-electron chi connectivity index (χ0n) is 27.2. The number of nitrogens with two attached hydrogens (primary N) is 1. The molecule has 0 saturated heterocycles. The second-order valence-electron chi connectivity index (χ2n) is 14.9. The summed E-state index contributed by atoms with van der Waals surface area (Å²) in [7, 11) is 0. The lowest BCUT2D eigenvalue weighted by atomic mass is 9.73. The van der Waals surface area contributed by atoms with Crippen molar-refractivity contribution in [2.75, 3.05) is 0 Å². The van der Waals surface area contributed by atoms with E-state index in [0.717, 1.165) is 5.56 Å². The molecule has 0 unspecified atom stereocenters. The number of benzene rings is 2. The molecule has 0 radical (unpaired) electrons. The molecular weight excluding hydrogens is 532 g/mol. The van der Waals surface area contributed by atoms with E-state index in [1.54, 1.807) is 26.0 Å². The smallest absolute Gasteiger partial charge is 0.303 e. The van der Waals surface area contributed by atoms with E-state index in [9.17, 15) is 29.7 Å². The molecule has 0 atom stereocenters. The van der Waals surface area contributed by atoms with Crippen LogP contribution in [0.15, 0.2) is 18.2 Å². The van der Waals surface area contributed by atoms with E-state index in [4.69, 9.17) is 5.84 Å². The van der Waals surface area contributed by atoms with Crippen molar-refractivity contribution < 1.29 is 29.7 Å². The standard InChI is InChI=1S/C34H50N2O6/c1-31(2,3)21-16-19(17-23(28(21)40)34(10,11)30(42)36-35)12-14-24(37)26-20(13-15-25(38)39)18-22(32(4,5)6)29(41)27(26)33(7,8)9/h16-18,40-41H,12-15,35H2,1-11H3,(H,36,42)(H,38,39). The number of hydrogen-bond acceptors (Lipinski definition) is 6. The van der Waals surface area contributed by atoms with Gasteiger partial charge in [-0.3, -0.25) is 19.8 Å². The molecule has 6 N–H and O–H groups in total. The molecule has 0 aliphatic carbocycles. The third-order valence-corrected chi connectivity index (χ3v) is 7.82. The highest BCUT2D eigenvalue weighted by Crippen LogP contribution is 2.44. The third kappa shape index (κ3) is 7.51. The summed E-state index contributed by atoms with van der Waals surface area (Å²) in [4.78, 5) is 38.2. The van der Waals surface area contributed by atoms with Gasteiger partial charge < -0.3 is 15.3 Å². The number of Topliss-reactive ketones (excluding diaryl/α,β-unsaturated/α-hetero) is 1. The number of nitrogens with one attached hydrogen (secondary N) is 1. The number of hydrogen-bond donors (Lipinski definition) is 5. The average molecular weight is 583 g/mol. The predicted octanol–water partition coefficient (Wildman–Crippen LogP) is 6.09. The first-order chi connectivity index (χ1) is 18.9. The van der Waals surface area contributed by atoms with E-state index in [-0.39, 0.29) is 36.5 Å². The first-order valence-electron chi connectivity index (χ1n) is 14.5. The summed E-state index contributed by atoms with van der Waals surface area (Å²) in [6.07, 6.45) is 0.392. The molecule has 232 valence electrons. The SMILES string of the molecule is CC(C)(C)c1cc(CCC(=O)c2c(CCC(=O)O)cc(C(C)(C)C)c(O)c2C(C)(C)C)cc(C(C)(C)C(=O)NN)c1O. The van der Waals surface area contributed by atoms with Gasteiger partial charge in [0.2, 0.25) is 5.91 Å². The monoisotopic (exact) mass is 582 g/mol. The van der Waals surface area contributed by atoms with Gasteiger partial charge in [-0.05, 0) is 65.2 Å². The number of carboxylic acid groups (broad SMARTS) is 1. The number of carbonyl (C=O) groups is 3. The number of phenolic OH excluding ortho intramolecular Hbond substituents is 2. The number of carbonyl (C=O) groups excluding carboxylic acids is 2. The van der Waals surface area contributed by atoms with Gasteiger partial charge in [-0.25, -0.2) is 5.84 Å². The fourth-order valence-corrected chi connectivity index (χ4v) is 5.36. The fourth-order valence-electron chi connectivity index (χ4n) is 5.36. The van der Waals surface area contributed by atoms with Crippen molar-refractivity contribution in [3.05, 3.63) is 57.1 Å². The maximum absolute atomic E-state index is 14.1. The van der Waals surface area contributed by atoms with E-state index >= 15 is 0 Å². The van der Waals surface area contributed by atoms with Crippen molar-refractivity contribution in [3.8, 4) is 11.5 Å². The van der Waals surface area contributed by atoms with E-state index in [0.29, 0.717) is 39.8 Å². The minimum atomic E-state index is -1.14. The molecule has 2 aromatic carbocycles. The molecule has 2 rings (SSSR count). The second kappa shape index (κ2) is 12.1. The highest BCUT2D eigenvalue weighted by molar-refractivity contribution is 6.00. The molecular formula is C34H50N2O6. The molecule has 8 heteroatoms. The molecule has 0 spiro atoms. The molecule has 0 saturated carbocycles. The van der Waals surface area contributed by atoms with Gasteiger partial charge in [0, 0.05) is 29.5 Å². The second-order valence-corrected chi connectivity index (χ2v) is 14.9. The van der Waals surface area contributed by atoms with Crippen LogP contribution in [0.5, 0.6) is 11.5 Å². The van der Waals surface area contributed by atoms with E-state index in [2.05, 4.69) is 5.43 Å². The van der Waals surface area contributed by atoms with Crippen LogP contribution in [0, 0.1) is 0 Å². The van der Waals surface area contributed by atoms with Gasteiger partial charge in [0.1, 0.15) is 11.5 Å². The van der Waals surface area contributed by atoms with Crippen LogP contribution in [0.3, 0.4) is 0 Å². The van der Waals surface area contributed by atoms with Gasteiger partial charge >= 0.3 is 5.97 Å². The number of aryl methyl sites for hydroxylation is 2. The van der Waals surface area contributed by atoms with Crippen LogP contribution in [-0.4, -0.2) is 33.0 Å². The molecule has 8 nitrogen and oxygen atoms in total.